The second-order valence-corrected chi connectivity index (χ2v) is 4.64. The third-order valence-electron chi connectivity index (χ3n) is 3.28. The molecule has 0 amide bonds. The Bertz CT molecular complexity index is 376. The van der Waals surface area contributed by atoms with Crippen molar-refractivity contribution in [2.45, 2.75) is 31.7 Å². The SMILES string of the molecule is NC1CCC(COc2cccc(F)c2F)CC1. The number of hydrogen-bond acceptors (Lipinski definition) is 2. The maximum atomic E-state index is 13.3. The van der Waals surface area contributed by atoms with Crippen LogP contribution in [0.15, 0.2) is 18.2 Å². The molecule has 1 aromatic carbocycles. The third-order valence-corrected chi connectivity index (χ3v) is 3.28. The molecule has 0 unspecified atom stereocenters. The molecule has 1 aliphatic carbocycles. The van der Waals surface area contributed by atoms with Crippen LogP contribution in [0.5, 0.6) is 5.75 Å². The van der Waals surface area contributed by atoms with E-state index < -0.39 is 11.6 Å². The van der Waals surface area contributed by atoms with Crippen molar-refractivity contribution in [3.05, 3.63) is 29.8 Å². The predicted octanol–water partition coefficient (Wildman–Crippen LogP) is 2.86. The molecule has 2 N–H and O–H groups in total. The van der Waals surface area contributed by atoms with E-state index in [1.54, 1.807) is 0 Å². The Balaban J connectivity index is 1.87. The van der Waals surface area contributed by atoms with Gasteiger partial charge in [0.05, 0.1) is 6.61 Å². The smallest absolute Gasteiger partial charge is 0.200 e. The fourth-order valence-electron chi connectivity index (χ4n) is 2.16. The molecule has 0 heterocycles. The van der Waals surface area contributed by atoms with Crippen LogP contribution in [0.25, 0.3) is 0 Å². The summed E-state index contributed by atoms with van der Waals surface area (Å²) >= 11 is 0. The van der Waals surface area contributed by atoms with E-state index in [4.69, 9.17) is 10.5 Å². The minimum atomic E-state index is -0.903. The van der Waals surface area contributed by atoms with E-state index in [0.717, 1.165) is 31.7 Å². The Kier molecular flexibility index (Phi) is 3.94. The lowest BCUT2D eigenvalue weighted by atomic mass is 9.87. The van der Waals surface area contributed by atoms with E-state index in [1.807, 2.05) is 0 Å². The largest absolute Gasteiger partial charge is 0.490 e. The quantitative estimate of drug-likeness (QED) is 0.883. The van der Waals surface area contributed by atoms with E-state index in [-0.39, 0.29) is 11.8 Å². The highest BCUT2D eigenvalue weighted by atomic mass is 19.2. The van der Waals surface area contributed by atoms with Crippen molar-refractivity contribution in [3.8, 4) is 5.75 Å². The lowest BCUT2D eigenvalue weighted by molar-refractivity contribution is 0.193. The molecule has 2 rings (SSSR count). The molecule has 0 bridgehead atoms. The topological polar surface area (TPSA) is 35.2 Å². The summed E-state index contributed by atoms with van der Waals surface area (Å²) in [5.74, 6) is -1.37. The molecule has 0 atom stereocenters. The Hall–Kier alpha value is -1.16. The number of benzene rings is 1. The zero-order valence-electron chi connectivity index (χ0n) is 9.66. The molecule has 0 spiro atoms. The highest BCUT2D eigenvalue weighted by Crippen LogP contribution is 2.25. The molecule has 0 radical (unpaired) electrons. The second-order valence-electron chi connectivity index (χ2n) is 4.64. The average Bonchev–Trinajstić information content (AvgIpc) is 2.33. The van der Waals surface area contributed by atoms with Crippen LogP contribution < -0.4 is 10.5 Å². The van der Waals surface area contributed by atoms with E-state index >= 15 is 0 Å². The third kappa shape index (κ3) is 3.16. The molecule has 1 saturated carbocycles. The number of halogens is 2. The van der Waals surface area contributed by atoms with Gasteiger partial charge in [-0.2, -0.15) is 4.39 Å². The van der Waals surface area contributed by atoms with Crippen molar-refractivity contribution in [2.24, 2.45) is 11.7 Å². The summed E-state index contributed by atoms with van der Waals surface area (Å²) in [6.45, 7) is 0.438. The van der Waals surface area contributed by atoms with Gasteiger partial charge in [0.15, 0.2) is 11.6 Å². The van der Waals surface area contributed by atoms with Gasteiger partial charge in [0, 0.05) is 6.04 Å². The van der Waals surface area contributed by atoms with Crippen molar-refractivity contribution >= 4 is 0 Å². The molecule has 0 aromatic heterocycles. The van der Waals surface area contributed by atoms with Gasteiger partial charge in [-0.15, -0.1) is 0 Å². The maximum Gasteiger partial charge on any atom is 0.200 e. The van der Waals surface area contributed by atoms with Gasteiger partial charge >= 0.3 is 0 Å². The first-order valence-corrected chi connectivity index (χ1v) is 5.99. The van der Waals surface area contributed by atoms with Gasteiger partial charge in [-0.25, -0.2) is 4.39 Å². The first kappa shape index (κ1) is 12.3. The number of rotatable bonds is 3. The van der Waals surface area contributed by atoms with Gasteiger partial charge < -0.3 is 10.5 Å². The molecule has 1 aromatic rings. The predicted molar refractivity (Wildman–Crippen MR) is 61.8 cm³/mol. The van der Waals surface area contributed by atoms with Crippen molar-refractivity contribution in [1.82, 2.24) is 0 Å². The van der Waals surface area contributed by atoms with E-state index in [9.17, 15) is 8.78 Å². The normalized spacial score (nSPS) is 24.6. The summed E-state index contributed by atoms with van der Waals surface area (Å²) in [6.07, 6.45) is 3.97. The molecule has 1 fully saturated rings. The van der Waals surface area contributed by atoms with E-state index in [1.165, 1.54) is 12.1 Å². The van der Waals surface area contributed by atoms with Crippen molar-refractivity contribution < 1.29 is 13.5 Å². The highest BCUT2D eigenvalue weighted by Gasteiger charge is 2.19. The molecule has 17 heavy (non-hydrogen) atoms. The summed E-state index contributed by atoms with van der Waals surface area (Å²) in [4.78, 5) is 0. The van der Waals surface area contributed by atoms with Crippen LogP contribution in [0.4, 0.5) is 8.78 Å². The summed E-state index contributed by atoms with van der Waals surface area (Å²) in [7, 11) is 0. The first-order valence-electron chi connectivity index (χ1n) is 5.99. The zero-order valence-corrected chi connectivity index (χ0v) is 9.66. The minimum absolute atomic E-state index is 0.000119. The van der Waals surface area contributed by atoms with Crippen LogP contribution in [0, 0.1) is 17.6 Å². The minimum Gasteiger partial charge on any atom is -0.490 e. The summed E-state index contributed by atoms with van der Waals surface area (Å²) in [6, 6.07) is 4.27. The standard InChI is InChI=1S/C13H17F2NO/c14-11-2-1-3-12(13(11)15)17-8-9-4-6-10(16)7-5-9/h1-3,9-10H,4-8,16H2. The van der Waals surface area contributed by atoms with E-state index in [0.29, 0.717) is 12.5 Å². The number of hydrogen-bond donors (Lipinski definition) is 1. The monoisotopic (exact) mass is 241 g/mol. The van der Waals surface area contributed by atoms with Gasteiger partial charge in [0.2, 0.25) is 5.82 Å². The molecule has 0 aliphatic heterocycles. The van der Waals surface area contributed by atoms with Crippen molar-refractivity contribution in [3.63, 3.8) is 0 Å². The fourth-order valence-corrected chi connectivity index (χ4v) is 2.16. The number of ether oxygens (including phenoxy) is 1. The van der Waals surface area contributed by atoms with Crippen LogP contribution in [0.1, 0.15) is 25.7 Å². The highest BCUT2D eigenvalue weighted by molar-refractivity contribution is 5.25. The van der Waals surface area contributed by atoms with Gasteiger partial charge in [0.1, 0.15) is 0 Å². The lowest BCUT2D eigenvalue weighted by Crippen LogP contribution is -2.28. The molecular weight excluding hydrogens is 224 g/mol. The summed E-state index contributed by atoms with van der Waals surface area (Å²) in [5.41, 5.74) is 5.80. The van der Waals surface area contributed by atoms with E-state index in [2.05, 4.69) is 0 Å². The van der Waals surface area contributed by atoms with Crippen LogP contribution in [-0.4, -0.2) is 12.6 Å². The van der Waals surface area contributed by atoms with Crippen LogP contribution in [-0.2, 0) is 0 Å². The second kappa shape index (κ2) is 5.45. The molecule has 0 saturated heterocycles. The average molecular weight is 241 g/mol. The molecular formula is C13H17F2NO. The molecule has 4 heteroatoms. The Morgan fingerprint density at radius 2 is 1.88 bits per heavy atom. The molecule has 94 valence electrons. The maximum absolute atomic E-state index is 13.3. The van der Waals surface area contributed by atoms with Crippen LogP contribution in [0.2, 0.25) is 0 Å². The molecule has 2 nitrogen and oxygen atoms in total. The number of nitrogens with two attached hydrogens (primary N) is 1. The first-order chi connectivity index (χ1) is 8.16. The Labute approximate surface area is 99.8 Å². The summed E-state index contributed by atoms with van der Waals surface area (Å²) in [5, 5.41) is 0. The Morgan fingerprint density at radius 1 is 1.18 bits per heavy atom. The van der Waals surface area contributed by atoms with Crippen molar-refractivity contribution in [2.75, 3.05) is 6.61 Å². The molecule has 1 aliphatic rings. The summed E-state index contributed by atoms with van der Waals surface area (Å²) < 4.78 is 31.6. The van der Waals surface area contributed by atoms with Gasteiger partial charge in [-0.3, -0.25) is 0 Å². The van der Waals surface area contributed by atoms with Crippen LogP contribution in [0.3, 0.4) is 0 Å². The van der Waals surface area contributed by atoms with Gasteiger partial charge in [-0.05, 0) is 43.7 Å². The Morgan fingerprint density at radius 3 is 2.59 bits per heavy atom. The fraction of sp³-hybridized carbons (Fsp3) is 0.538. The lowest BCUT2D eigenvalue weighted by Gasteiger charge is -2.25. The van der Waals surface area contributed by atoms with Gasteiger partial charge in [0.25, 0.3) is 0 Å². The van der Waals surface area contributed by atoms with Crippen molar-refractivity contribution in [1.29, 1.82) is 0 Å². The van der Waals surface area contributed by atoms with Gasteiger partial charge in [-0.1, -0.05) is 6.07 Å². The van der Waals surface area contributed by atoms with Crippen LogP contribution >= 0.6 is 0 Å². The zero-order chi connectivity index (χ0) is 12.3.